The summed E-state index contributed by atoms with van der Waals surface area (Å²) in [5.41, 5.74) is 0.230. The molecule has 0 saturated heterocycles. The molecule has 0 radical (unpaired) electrons. The van der Waals surface area contributed by atoms with E-state index in [1.165, 1.54) is 36.8 Å². The zero-order chi connectivity index (χ0) is 19.7. The smallest absolute Gasteiger partial charge is 0.154 e. The fraction of sp³-hybridized carbons (Fsp3) is 0.158. The van der Waals surface area contributed by atoms with Crippen molar-refractivity contribution >= 4 is 34.1 Å². The Morgan fingerprint density at radius 1 is 1.11 bits per heavy atom. The molecule has 2 N–H and O–H groups in total. The molecule has 1 aromatic heterocycles. The summed E-state index contributed by atoms with van der Waals surface area (Å²) in [6, 6.07) is 10.5. The molecule has 1 aliphatic rings. The van der Waals surface area contributed by atoms with Crippen molar-refractivity contribution in [1.82, 2.24) is 9.97 Å². The first-order valence-corrected chi connectivity index (χ1v) is 9.98. The van der Waals surface area contributed by atoms with Crippen LogP contribution in [0.4, 0.5) is 20.3 Å². The van der Waals surface area contributed by atoms with Gasteiger partial charge in [-0.25, -0.2) is 23.0 Å². The highest BCUT2D eigenvalue weighted by atomic mass is 35.5. The summed E-state index contributed by atoms with van der Waals surface area (Å²) in [4.78, 5) is 7.55. The third-order valence-corrected chi connectivity index (χ3v) is 5.93. The highest BCUT2D eigenvalue weighted by Crippen LogP contribution is 2.50. The fourth-order valence-corrected chi connectivity index (χ4v) is 4.12. The molecule has 1 heterocycles. The molecule has 3 aromatic rings. The predicted molar refractivity (Wildman–Crippen MR) is 104 cm³/mol. The minimum Gasteiger partial charge on any atom is -0.374 e. The van der Waals surface area contributed by atoms with Gasteiger partial charge < -0.3 is 5.32 Å². The van der Waals surface area contributed by atoms with Crippen molar-refractivity contribution in [3.63, 3.8) is 0 Å². The van der Waals surface area contributed by atoms with Gasteiger partial charge in [0.05, 0.1) is 21.1 Å². The average molecular weight is 421 g/mol. The van der Waals surface area contributed by atoms with E-state index in [2.05, 4.69) is 20.0 Å². The SMILES string of the molecule is O=S(Nc1ccncn1)c1cc(Cl)c(NC2(c3ccccc3F)CC2)cc1F. The summed E-state index contributed by atoms with van der Waals surface area (Å²) in [6.07, 6.45) is 4.16. The number of nitrogens with one attached hydrogen (secondary N) is 2. The molecule has 0 amide bonds. The van der Waals surface area contributed by atoms with Crippen molar-refractivity contribution in [2.75, 3.05) is 10.0 Å². The number of hydrogen-bond acceptors (Lipinski definition) is 4. The van der Waals surface area contributed by atoms with Gasteiger partial charge in [-0.2, -0.15) is 0 Å². The number of aromatic nitrogens is 2. The number of rotatable bonds is 6. The molecule has 0 aliphatic heterocycles. The highest BCUT2D eigenvalue weighted by molar-refractivity contribution is 7.86. The number of anilines is 2. The van der Waals surface area contributed by atoms with Gasteiger partial charge in [-0.3, -0.25) is 4.72 Å². The number of hydrogen-bond donors (Lipinski definition) is 2. The largest absolute Gasteiger partial charge is 0.374 e. The standard InChI is InChI=1S/C19H15ClF2N4OS/c20-13-9-17(28(27)26-18-5-8-23-11-24-18)15(22)10-16(13)25-19(6-7-19)12-3-1-2-4-14(12)21/h1-5,8-11,25H,6-7H2,(H,23,24,26). The van der Waals surface area contributed by atoms with Crippen molar-refractivity contribution in [2.24, 2.45) is 0 Å². The van der Waals surface area contributed by atoms with Crippen LogP contribution in [0, 0.1) is 11.6 Å². The second-order valence-electron chi connectivity index (χ2n) is 6.41. The number of halogens is 3. The topological polar surface area (TPSA) is 66.9 Å². The molecular weight excluding hydrogens is 406 g/mol. The van der Waals surface area contributed by atoms with Gasteiger partial charge >= 0.3 is 0 Å². The first kappa shape index (κ1) is 18.8. The second-order valence-corrected chi connectivity index (χ2v) is 8.00. The van der Waals surface area contributed by atoms with Gasteiger partial charge in [0.25, 0.3) is 0 Å². The lowest BCUT2D eigenvalue weighted by atomic mass is 10.0. The Bertz CT molecular complexity index is 1050. The van der Waals surface area contributed by atoms with Crippen LogP contribution in [0.15, 0.2) is 59.9 Å². The van der Waals surface area contributed by atoms with Gasteiger partial charge in [-0.15, -0.1) is 0 Å². The van der Waals surface area contributed by atoms with Gasteiger partial charge in [0, 0.05) is 11.8 Å². The maximum absolute atomic E-state index is 14.6. The van der Waals surface area contributed by atoms with Crippen LogP contribution in [0.2, 0.25) is 5.02 Å². The van der Waals surface area contributed by atoms with Crippen LogP contribution in [0.3, 0.4) is 0 Å². The summed E-state index contributed by atoms with van der Waals surface area (Å²) in [7, 11) is -1.90. The Labute approximate surface area is 167 Å². The Morgan fingerprint density at radius 2 is 1.89 bits per heavy atom. The molecule has 2 aromatic carbocycles. The molecule has 0 bridgehead atoms. The fourth-order valence-electron chi connectivity index (χ4n) is 2.96. The Hall–Kier alpha value is -2.58. The summed E-state index contributed by atoms with van der Waals surface area (Å²) >= 11 is 6.30. The van der Waals surface area contributed by atoms with E-state index in [1.807, 2.05) is 0 Å². The highest BCUT2D eigenvalue weighted by Gasteiger charge is 2.46. The molecule has 4 rings (SSSR count). The van der Waals surface area contributed by atoms with Crippen LogP contribution in [-0.2, 0) is 16.5 Å². The molecule has 1 aliphatic carbocycles. The summed E-state index contributed by atoms with van der Waals surface area (Å²) < 4.78 is 43.8. The Balaban J connectivity index is 1.58. The predicted octanol–water partition coefficient (Wildman–Crippen LogP) is 4.64. The third-order valence-electron chi connectivity index (χ3n) is 4.51. The minimum absolute atomic E-state index is 0.107. The zero-order valence-corrected chi connectivity index (χ0v) is 16.0. The molecular formula is C19H15ClF2N4OS. The molecule has 144 valence electrons. The summed E-state index contributed by atoms with van der Waals surface area (Å²) in [6.45, 7) is 0. The van der Waals surface area contributed by atoms with Gasteiger partial charge in [0.2, 0.25) is 0 Å². The maximum atomic E-state index is 14.6. The maximum Gasteiger partial charge on any atom is 0.154 e. The lowest BCUT2D eigenvalue weighted by Crippen LogP contribution is -2.21. The first-order valence-electron chi connectivity index (χ1n) is 8.45. The van der Waals surface area contributed by atoms with Crippen LogP contribution in [0.1, 0.15) is 18.4 Å². The molecule has 1 atom stereocenters. The molecule has 28 heavy (non-hydrogen) atoms. The van der Waals surface area contributed by atoms with E-state index in [1.54, 1.807) is 18.2 Å². The van der Waals surface area contributed by atoms with E-state index in [4.69, 9.17) is 11.6 Å². The second kappa shape index (κ2) is 7.44. The van der Waals surface area contributed by atoms with E-state index < -0.39 is 22.3 Å². The van der Waals surface area contributed by atoms with Crippen LogP contribution < -0.4 is 10.0 Å². The molecule has 9 heteroatoms. The van der Waals surface area contributed by atoms with E-state index in [9.17, 15) is 13.0 Å². The van der Waals surface area contributed by atoms with Crippen molar-refractivity contribution < 1.29 is 13.0 Å². The van der Waals surface area contributed by atoms with Crippen molar-refractivity contribution in [3.8, 4) is 0 Å². The van der Waals surface area contributed by atoms with E-state index in [0.717, 1.165) is 0 Å². The van der Waals surface area contributed by atoms with Crippen LogP contribution in [-0.4, -0.2) is 14.2 Å². The van der Waals surface area contributed by atoms with Crippen LogP contribution in [0.5, 0.6) is 0 Å². The normalized spacial score (nSPS) is 15.7. The minimum atomic E-state index is -1.90. The monoisotopic (exact) mass is 420 g/mol. The Morgan fingerprint density at radius 3 is 2.57 bits per heavy atom. The molecule has 1 fully saturated rings. The van der Waals surface area contributed by atoms with E-state index >= 15 is 0 Å². The third kappa shape index (κ3) is 3.70. The van der Waals surface area contributed by atoms with Crippen molar-refractivity contribution in [2.45, 2.75) is 23.3 Å². The zero-order valence-electron chi connectivity index (χ0n) is 14.5. The van der Waals surface area contributed by atoms with Crippen LogP contribution >= 0.6 is 11.6 Å². The summed E-state index contributed by atoms with van der Waals surface area (Å²) in [5, 5.41) is 3.35. The van der Waals surface area contributed by atoms with Gasteiger partial charge in [0.15, 0.2) is 11.0 Å². The molecule has 1 unspecified atom stereocenters. The quantitative estimate of drug-likeness (QED) is 0.609. The number of nitrogens with zero attached hydrogens (tertiary/aromatic N) is 2. The Kier molecular flexibility index (Phi) is 4.99. The molecule has 5 nitrogen and oxygen atoms in total. The van der Waals surface area contributed by atoms with E-state index in [0.29, 0.717) is 29.9 Å². The first-order chi connectivity index (χ1) is 13.5. The van der Waals surface area contributed by atoms with Gasteiger partial charge in [-0.1, -0.05) is 29.8 Å². The lowest BCUT2D eigenvalue weighted by molar-refractivity contribution is 0.587. The van der Waals surface area contributed by atoms with E-state index in [-0.39, 0.29) is 15.7 Å². The summed E-state index contributed by atoms with van der Waals surface area (Å²) in [5.74, 6) is -0.727. The molecule has 0 spiro atoms. The lowest BCUT2D eigenvalue weighted by Gasteiger charge is -2.21. The van der Waals surface area contributed by atoms with Gasteiger partial charge in [0.1, 0.15) is 23.8 Å². The van der Waals surface area contributed by atoms with Crippen molar-refractivity contribution in [1.29, 1.82) is 0 Å². The number of benzene rings is 2. The van der Waals surface area contributed by atoms with Gasteiger partial charge in [-0.05, 0) is 37.1 Å². The van der Waals surface area contributed by atoms with Crippen LogP contribution in [0.25, 0.3) is 0 Å². The molecule has 1 saturated carbocycles. The average Bonchev–Trinajstić information content (AvgIpc) is 3.46. The van der Waals surface area contributed by atoms with Crippen molar-refractivity contribution in [3.05, 3.63) is 77.2 Å².